The van der Waals surface area contributed by atoms with Crippen LogP contribution in [0.4, 0.5) is 0 Å². The summed E-state index contributed by atoms with van der Waals surface area (Å²) in [5.41, 5.74) is 0.978. The highest BCUT2D eigenvalue weighted by Crippen LogP contribution is 2.28. The summed E-state index contributed by atoms with van der Waals surface area (Å²) >= 11 is 1.16. The molecule has 128 valence electrons. The van der Waals surface area contributed by atoms with Gasteiger partial charge in [0.1, 0.15) is 9.77 Å². The van der Waals surface area contributed by atoms with Gasteiger partial charge in [0.25, 0.3) is 5.91 Å². The average Bonchev–Trinajstić information content (AvgIpc) is 3.27. The van der Waals surface area contributed by atoms with E-state index in [1.54, 1.807) is 5.38 Å². The lowest BCUT2D eigenvalue weighted by atomic mass is 10.1. The van der Waals surface area contributed by atoms with Crippen LogP contribution in [0, 0.1) is 0 Å². The van der Waals surface area contributed by atoms with Crippen LogP contribution in [-0.4, -0.2) is 31.7 Å². The normalized spacial score (nSPS) is 16.9. The zero-order valence-corrected chi connectivity index (χ0v) is 15.1. The topological polar surface area (TPSA) is 66.5 Å². The van der Waals surface area contributed by atoms with Gasteiger partial charge in [0, 0.05) is 13.1 Å². The molecule has 2 heterocycles. The van der Waals surface area contributed by atoms with Crippen molar-refractivity contribution < 1.29 is 13.2 Å². The summed E-state index contributed by atoms with van der Waals surface area (Å²) in [6.07, 6.45) is 1.74. The first-order valence-corrected chi connectivity index (χ1v) is 10.3. The van der Waals surface area contributed by atoms with Crippen molar-refractivity contribution in [2.24, 2.45) is 0 Å². The number of thiophene rings is 1. The minimum atomic E-state index is -3.59. The summed E-state index contributed by atoms with van der Waals surface area (Å²) in [7, 11) is -3.59. The second-order valence-electron chi connectivity index (χ2n) is 5.83. The molecule has 1 aromatic carbocycles. The highest BCUT2D eigenvalue weighted by Gasteiger charge is 2.32. The van der Waals surface area contributed by atoms with Crippen molar-refractivity contribution in [3.05, 3.63) is 52.2 Å². The zero-order chi connectivity index (χ0) is 17.2. The van der Waals surface area contributed by atoms with Crippen LogP contribution < -0.4 is 5.32 Å². The van der Waals surface area contributed by atoms with Crippen LogP contribution in [0.5, 0.6) is 0 Å². The van der Waals surface area contributed by atoms with E-state index in [4.69, 9.17) is 0 Å². The molecule has 0 unspecified atom stereocenters. The van der Waals surface area contributed by atoms with E-state index in [0.717, 1.165) is 29.7 Å². The maximum atomic E-state index is 12.7. The lowest BCUT2D eigenvalue weighted by Gasteiger charge is -2.17. The fourth-order valence-corrected chi connectivity index (χ4v) is 5.64. The fourth-order valence-electron chi connectivity index (χ4n) is 2.82. The molecule has 0 aliphatic carbocycles. The molecule has 5 nitrogen and oxygen atoms in total. The third kappa shape index (κ3) is 3.38. The Labute approximate surface area is 146 Å². The standard InChI is InChI=1S/C17H20N2O3S2/c1-13(14-7-3-2-4-8-14)18-17(20)16-15(9-12-23-16)24(21,22)19-10-5-6-11-19/h2-4,7-9,12-13H,5-6,10-11H2,1H3,(H,18,20)/t13-/m1/s1. The summed E-state index contributed by atoms with van der Waals surface area (Å²) in [5.74, 6) is -0.348. The van der Waals surface area contributed by atoms with E-state index in [2.05, 4.69) is 5.32 Å². The van der Waals surface area contributed by atoms with Gasteiger partial charge in [0.05, 0.1) is 6.04 Å². The van der Waals surface area contributed by atoms with Gasteiger partial charge >= 0.3 is 0 Å². The van der Waals surface area contributed by atoms with E-state index in [-0.39, 0.29) is 21.7 Å². The Bertz CT molecular complexity index is 809. The van der Waals surface area contributed by atoms with Gasteiger partial charge in [0.15, 0.2) is 0 Å². The van der Waals surface area contributed by atoms with Gasteiger partial charge in [-0.05, 0) is 36.8 Å². The average molecular weight is 364 g/mol. The molecule has 1 fully saturated rings. The molecule has 1 aromatic heterocycles. The monoisotopic (exact) mass is 364 g/mol. The van der Waals surface area contributed by atoms with Gasteiger partial charge in [-0.2, -0.15) is 4.31 Å². The van der Waals surface area contributed by atoms with Gasteiger partial charge in [-0.1, -0.05) is 30.3 Å². The van der Waals surface area contributed by atoms with E-state index < -0.39 is 10.0 Å². The predicted octanol–water partition coefficient (Wildman–Crippen LogP) is 3.02. The number of sulfonamides is 1. The molecule has 1 N–H and O–H groups in total. The molecule has 0 bridgehead atoms. The van der Waals surface area contributed by atoms with Crippen LogP contribution in [0.3, 0.4) is 0 Å². The molecule has 0 radical (unpaired) electrons. The number of hydrogen-bond acceptors (Lipinski definition) is 4. The molecule has 1 amide bonds. The molecule has 1 aliphatic rings. The van der Waals surface area contributed by atoms with E-state index in [9.17, 15) is 13.2 Å². The molecule has 0 saturated carbocycles. The number of nitrogens with one attached hydrogen (secondary N) is 1. The lowest BCUT2D eigenvalue weighted by molar-refractivity contribution is 0.0941. The van der Waals surface area contributed by atoms with Crippen molar-refractivity contribution in [1.29, 1.82) is 0 Å². The van der Waals surface area contributed by atoms with Gasteiger partial charge in [-0.25, -0.2) is 8.42 Å². The highest BCUT2D eigenvalue weighted by molar-refractivity contribution is 7.89. The largest absolute Gasteiger partial charge is 0.345 e. The number of benzene rings is 1. The quantitative estimate of drug-likeness (QED) is 0.887. The molecule has 0 spiro atoms. The van der Waals surface area contributed by atoms with Gasteiger partial charge in [-0.3, -0.25) is 4.79 Å². The van der Waals surface area contributed by atoms with Crippen LogP contribution in [0.2, 0.25) is 0 Å². The molecular formula is C17H20N2O3S2. The van der Waals surface area contributed by atoms with Crippen LogP contribution in [0.15, 0.2) is 46.7 Å². The summed E-state index contributed by atoms with van der Waals surface area (Å²) in [6, 6.07) is 10.9. The summed E-state index contributed by atoms with van der Waals surface area (Å²) in [5, 5.41) is 4.55. The predicted molar refractivity (Wildman–Crippen MR) is 94.6 cm³/mol. The van der Waals surface area contributed by atoms with Crippen molar-refractivity contribution in [2.45, 2.75) is 30.7 Å². The maximum absolute atomic E-state index is 12.7. The molecule has 1 saturated heterocycles. The molecule has 3 rings (SSSR count). The lowest BCUT2D eigenvalue weighted by Crippen LogP contribution is -2.31. The minimum absolute atomic E-state index is 0.118. The van der Waals surface area contributed by atoms with Gasteiger partial charge in [-0.15, -0.1) is 11.3 Å². The molecule has 7 heteroatoms. The second kappa shape index (κ2) is 7.04. The van der Waals surface area contributed by atoms with Crippen molar-refractivity contribution >= 4 is 27.3 Å². The number of nitrogens with zero attached hydrogens (tertiary/aromatic N) is 1. The number of rotatable bonds is 5. The molecule has 1 atom stereocenters. The second-order valence-corrected chi connectivity index (χ2v) is 8.65. The first-order valence-electron chi connectivity index (χ1n) is 7.93. The van der Waals surface area contributed by atoms with E-state index in [0.29, 0.717) is 13.1 Å². The summed E-state index contributed by atoms with van der Waals surface area (Å²) < 4.78 is 26.9. The minimum Gasteiger partial charge on any atom is -0.345 e. The SMILES string of the molecule is C[C@@H](NC(=O)c1sccc1S(=O)(=O)N1CCCC1)c1ccccc1. The highest BCUT2D eigenvalue weighted by atomic mass is 32.2. The first kappa shape index (κ1) is 17.1. The number of amides is 1. The number of carbonyl (C=O) groups excluding carboxylic acids is 1. The Morgan fingerprint density at radius 1 is 1.17 bits per heavy atom. The van der Waals surface area contributed by atoms with E-state index in [1.807, 2.05) is 37.3 Å². The summed E-state index contributed by atoms with van der Waals surface area (Å²) in [6.45, 7) is 2.94. The van der Waals surface area contributed by atoms with Gasteiger partial charge in [0.2, 0.25) is 10.0 Å². The van der Waals surface area contributed by atoms with Crippen molar-refractivity contribution in [1.82, 2.24) is 9.62 Å². The zero-order valence-electron chi connectivity index (χ0n) is 13.4. The molecule has 24 heavy (non-hydrogen) atoms. The van der Waals surface area contributed by atoms with E-state index >= 15 is 0 Å². The molecule has 2 aromatic rings. The van der Waals surface area contributed by atoms with Crippen molar-refractivity contribution in [3.8, 4) is 0 Å². The van der Waals surface area contributed by atoms with Crippen LogP contribution in [-0.2, 0) is 10.0 Å². The maximum Gasteiger partial charge on any atom is 0.263 e. The Morgan fingerprint density at radius 3 is 2.50 bits per heavy atom. The Kier molecular flexibility index (Phi) is 5.03. The third-order valence-corrected chi connectivity index (χ3v) is 7.15. The van der Waals surface area contributed by atoms with Gasteiger partial charge < -0.3 is 5.32 Å². The van der Waals surface area contributed by atoms with Crippen LogP contribution in [0.25, 0.3) is 0 Å². The Balaban J connectivity index is 1.81. The molecular weight excluding hydrogens is 344 g/mol. The number of hydrogen-bond donors (Lipinski definition) is 1. The van der Waals surface area contributed by atoms with Crippen LogP contribution >= 0.6 is 11.3 Å². The fraction of sp³-hybridized carbons (Fsp3) is 0.353. The van der Waals surface area contributed by atoms with Crippen molar-refractivity contribution in [2.75, 3.05) is 13.1 Å². The summed E-state index contributed by atoms with van der Waals surface area (Å²) in [4.78, 5) is 13.0. The van der Waals surface area contributed by atoms with E-state index in [1.165, 1.54) is 10.4 Å². The van der Waals surface area contributed by atoms with Crippen LogP contribution in [0.1, 0.15) is 41.0 Å². The first-order chi connectivity index (χ1) is 11.5. The molecule has 1 aliphatic heterocycles. The Morgan fingerprint density at radius 2 is 1.83 bits per heavy atom. The van der Waals surface area contributed by atoms with Crippen molar-refractivity contribution in [3.63, 3.8) is 0 Å². The number of carbonyl (C=O) groups is 1. The third-order valence-electron chi connectivity index (χ3n) is 4.17. The Hall–Kier alpha value is -1.70. The smallest absolute Gasteiger partial charge is 0.263 e.